The molecular weight excluding hydrogens is 144 g/mol. The van der Waals surface area contributed by atoms with Gasteiger partial charge in [0.25, 0.3) is 0 Å². The van der Waals surface area contributed by atoms with Gasteiger partial charge in [-0.15, -0.1) is 0 Å². The van der Waals surface area contributed by atoms with Crippen LogP contribution in [0.4, 0.5) is 0 Å². The Hall–Kier alpha value is -0.260. The van der Waals surface area contributed by atoms with Gasteiger partial charge in [-0.05, 0) is 19.3 Å². The Bertz CT molecular complexity index is 90.2. The summed E-state index contributed by atoms with van der Waals surface area (Å²) in [7, 11) is 0. The molecule has 0 rings (SSSR count). The second-order valence-electron chi connectivity index (χ2n) is 3.51. The molecule has 0 aromatic heterocycles. The molecule has 1 unspecified atom stereocenters. The van der Waals surface area contributed by atoms with Gasteiger partial charge in [-0.2, -0.15) is 0 Å². The van der Waals surface area contributed by atoms with Crippen LogP contribution < -0.4 is 0 Å². The number of unbranched alkanes of at least 4 members (excludes halogenated alkanes) is 2. The lowest BCUT2D eigenvalue weighted by Crippen LogP contribution is -1.89. The van der Waals surface area contributed by atoms with Crippen molar-refractivity contribution in [3.05, 3.63) is 12.2 Å². The molecule has 0 bridgehead atoms. The summed E-state index contributed by atoms with van der Waals surface area (Å²) < 4.78 is 0. The molecule has 0 radical (unpaired) electrons. The average Bonchev–Trinajstić information content (AvgIpc) is 2.05. The number of rotatable bonds is 4. The standard InChI is InChI=1S/C7H14.C5H12/c1-5-7(4)6(2)3;1-3-5-4-2/h7H,2,5H2,1,3-4H3;3-5H2,1-2H3. The van der Waals surface area contributed by atoms with Crippen molar-refractivity contribution < 1.29 is 0 Å². The van der Waals surface area contributed by atoms with Crippen molar-refractivity contribution in [3.63, 3.8) is 0 Å². The molecule has 0 aromatic rings. The van der Waals surface area contributed by atoms with Crippen LogP contribution in [-0.2, 0) is 0 Å². The van der Waals surface area contributed by atoms with Gasteiger partial charge < -0.3 is 0 Å². The van der Waals surface area contributed by atoms with Gasteiger partial charge in [0.1, 0.15) is 0 Å². The summed E-state index contributed by atoms with van der Waals surface area (Å²) in [5.41, 5.74) is 1.29. The molecule has 0 aliphatic carbocycles. The topological polar surface area (TPSA) is 0 Å². The SMILES string of the molecule is C=C(C)C(C)CC.CCCCC. The van der Waals surface area contributed by atoms with E-state index in [2.05, 4.69) is 41.2 Å². The molecule has 74 valence electrons. The van der Waals surface area contributed by atoms with E-state index in [-0.39, 0.29) is 0 Å². The molecule has 1 atom stereocenters. The maximum atomic E-state index is 3.83. The van der Waals surface area contributed by atoms with Crippen LogP contribution in [0.2, 0.25) is 0 Å². The molecule has 0 heteroatoms. The summed E-state index contributed by atoms with van der Waals surface area (Å²) in [4.78, 5) is 0. The van der Waals surface area contributed by atoms with Gasteiger partial charge in [-0.1, -0.05) is 59.1 Å². The fourth-order valence-corrected chi connectivity index (χ4v) is 0.702. The first-order valence-electron chi connectivity index (χ1n) is 5.25. The van der Waals surface area contributed by atoms with Gasteiger partial charge in [0, 0.05) is 0 Å². The molecule has 0 aliphatic rings. The molecule has 0 aliphatic heterocycles. The zero-order chi connectivity index (χ0) is 9.98. The van der Waals surface area contributed by atoms with Gasteiger partial charge in [0.2, 0.25) is 0 Å². The van der Waals surface area contributed by atoms with E-state index in [1.54, 1.807) is 0 Å². The van der Waals surface area contributed by atoms with Gasteiger partial charge >= 0.3 is 0 Å². The maximum absolute atomic E-state index is 3.83. The van der Waals surface area contributed by atoms with Crippen molar-refractivity contribution in [1.29, 1.82) is 0 Å². The van der Waals surface area contributed by atoms with Crippen molar-refractivity contribution in [3.8, 4) is 0 Å². The summed E-state index contributed by atoms with van der Waals surface area (Å²) in [6, 6.07) is 0. The third-order valence-corrected chi connectivity index (χ3v) is 2.16. The summed E-state index contributed by atoms with van der Waals surface area (Å²) in [6.07, 6.45) is 5.29. The van der Waals surface area contributed by atoms with Gasteiger partial charge in [-0.3, -0.25) is 0 Å². The molecule has 0 fully saturated rings. The molecule has 12 heavy (non-hydrogen) atoms. The highest BCUT2D eigenvalue weighted by molar-refractivity contribution is 4.92. The van der Waals surface area contributed by atoms with E-state index < -0.39 is 0 Å². The highest BCUT2D eigenvalue weighted by Crippen LogP contribution is 2.09. The normalized spacial score (nSPS) is 11.4. The van der Waals surface area contributed by atoms with Crippen molar-refractivity contribution in [1.82, 2.24) is 0 Å². The second kappa shape index (κ2) is 10.7. The monoisotopic (exact) mass is 170 g/mol. The minimum atomic E-state index is 0.708. The Morgan fingerprint density at radius 2 is 1.58 bits per heavy atom. The summed E-state index contributed by atoms with van der Waals surface area (Å²) in [5, 5.41) is 0. The van der Waals surface area contributed by atoms with E-state index in [1.165, 1.54) is 31.3 Å². The molecule has 0 saturated carbocycles. The van der Waals surface area contributed by atoms with Crippen LogP contribution in [-0.4, -0.2) is 0 Å². The minimum Gasteiger partial charge on any atom is -0.0999 e. The smallest absolute Gasteiger partial charge is 0.0240 e. The predicted octanol–water partition coefficient (Wildman–Crippen LogP) is 4.81. The molecule has 0 saturated heterocycles. The largest absolute Gasteiger partial charge is 0.0999 e. The number of hydrogen-bond acceptors (Lipinski definition) is 0. The van der Waals surface area contributed by atoms with Crippen LogP contribution in [0.5, 0.6) is 0 Å². The zero-order valence-corrected chi connectivity index (χ0v) is 9.61. The second-order valence-corrected chi connectivity index (χ2v) is 3.51. The summed E-state index contributed by atoms with van der Waals surface area (Å²) in [6.45, 7) is 14.7. The fraction of sp³-hybridized carbons (Fsp3) is 0.833. The highest BCUT2D eigenvalue weighted by atomic mass is 14.0. The Balaban J connectivity index is 0. The lowest BCUT2D eigenvalue weighted by Gasteiger charge is -2.04. The maximum Gasteiger partial charge on any atom is -0.0240 e. The predicted molar refractivity (Wildman–Crippen MR) is 59.5 cm³/mol. The lowest BCUT2D eigenvalue weighted by molar-refractivity contribution is 0.658. The van der Waals surface area contributed by atoms with E-state index in [0.717, 1.165) is 0 Å². The van der Waals surface area contributed by atoms with Crippen LogP contribution in [0.15, 0.2) is 12.2 Å². The minimum absolute atomic E-state index is 0.708. The Labute approximate surface area is 79.1 Å². The number of hydrogen-bond donors (Lipinski definition) is 0. The molecule has 0 amide bonds. The first-order chi connectivity index (χ1) is 5.59. The van der Waals surface area contributed by atoms with Crippen molar-refractivity contribution in [2.24, 2.45) is 5.92 Å². The molecule has 0 aromatic carbocycles. The first-order valence-corrected chi connectivity index (χ1v) is 5.25. The Morgan fingerprint density at radius 1 is 1.17 bits per heavy atom. The van der Waals surface area contributed by atoms with E-state index in [4.69, 9.17) is 0 Å². The van der Waals surface area contributed by atoms with E-state index in [0.29, 0.717) is 5.92 Å². The van der Waals surface area contributed by atoms with Gasteiger partial charge in [0.15, 0.2) is 0 Å². The van der Waals surface area contributed by atoms with Crippen LogP contribution in [0.1, 0.15) is 60.3 Å². The van der Waals surface area contributed by atoms with E-state index >= 15 is 0 Å². The van der Waals surface area contributed by atoms with Crippen LogP contribution in [0, 0.1) is 5.92 Å². The Kier molecular flexibility index (Phi) is 12.8. The fourth-order valence-electron chi connectivity index (χ4n) is 0.702. The molecular formula is C12H26. The highest BCUT2D eigenvalue weighted by Gasteiger charge is 1.94. The van der Waals surface area contributed by atoms with Crippen molar-refractivity contribution >= 4 is 0 Å². The molecule has 0 spiro atoms. The van der Waals surface area contributed by atoms with Crippen LogP contribution in [0.3, 0.4) is 0 Å². The summed E-state index contributed by atoms with van der Waals surface area (Å²) >= 11 is 0. The Morgan fingerprint density at radius 3 is 1.58 bits per heavy atom. The molecule has 0 N–H and O–H groups in total. The number of allylic oxidation sites excluding steroid dienone is 1. The van der Waals surface area contributed by atoms with Gasteiger partial charge in [-0.25, -0.2) is 0 Å². The molecule has 0 heterocycles. The zero-order valence-electron chi connectivity index (χ0n) is 9.61. The first kappa shape index (κ1) is 14.3. The molecule has 0 nitrogen and oxygen atoms in total. The van der Waals surface area contributed by atoms with E-state index in [1.807, 2.05) is 0 Å². The summed E-state index contributed by atoms with van der Waals surface area (Å²) in [5.74, 6) is 0.708. The van der Waals surface area contributed by atoms with Crippen molar-refractivity contribution in [2.45, 2.75) is 60.3 Å². The van der Waals surface area contributed by atoms with Crippen LogP contribution in [0.25, 0.3) is 0 Å². The van der Waals surface area contributed by atoms with Crippen LogP contribution >= 0.6 is 0 Å². The van der Waals surface area contributed by atoms with Gasteiger partial charge in [0.05, 0.1) is 0 Å². The lowest BCUT2D eigenvalue weighted by atomic mass is 10.0. The average molecular weight is 170 g/mol. The van der Waals surface area contributed by atoms with E-state index in [9.17, 15) is 0 Å². The third kappa shape index (κ3) is 12.4. The van der Waals surface area contributed by atoms with Crippen molar-refractivity contribution in [2.75, 3.05) is 0 Å². The third-order valence-electron chi connectivity index (χ3n) is 2.16. The quantitative estimate of drug-likeness (QED) is 0.531.